The molecule has 1 aromatic carbocycles. The Morgan fingerprint density at radius 1 is 1.30 bits per heavy atom. The summed E-state index contributed by atoms with van der Waals surface area (Å²) in [6, 6.07) is 11.4. The highest BCUT2D eigenvalue weighted by atomic mass is 79.9. The maximum Gasteiger partial charge on any atom is 0.287 e. The summed E-state index contributed by atoms with van der Waals surface area (Å²) in [6.45, 7) is -0.0493. The van der Waals surface area contributed by atoms with Gasteiger partial charge in [0.1, 0.15) is 0 Å². The zero-order valence-corrected chi connectivity index (χ0v) is 14.3. The van der Waals surface area contributed by atoms with Gasteiger partial charge in [-0.2, -0.15) is 0 Å². The molecular formula is C17H17BrN2O3. The lowest BCUT2D eigenvalue weighted by Gasteiger charge is -2.25. The third kappa shape index (κ3) is 3.32. The zero-order chi connectivity index (χ0) is 16.4. The SMILES string of the molecule is CN(C(=O)CNC(=O)c1ccc(Br)o1)C1CCc2ccccc21. The van der Waals surface area contributed by atoms with Crippen LogP contribution in [0.1, 0.15) is 34.1 Å². The number of carbonyl (C=O) groups excluding carboxylic acids is 2. The van der Waals surface area contributed by atoms with E-state index in [1.165, 1.54) is 11.1 Å². The molecule has 120 valence electrons. The first-order valence-corrected chi connectivity index (χ1v) is 8.22. The number of furan rings is 1. The molecule has 2 amide bonds. The van der Waals surface area contributed by atoms with E-state index in [2.05, 4.69) is 33.4 Å². The van der Waals surface area contributed by atoms with Crippen LogP contribution in [-0.2, 0) is 11.2 Å². The smallest absolute Gasteiger partial charge is 0.287 e. The van der Waals surface area contributed by atoms with E-state index in [0.29, 0.717) is 4.67 Å². The Hall–Kier alpha value is -2.08. The largest absolute Gasteiger partial charge is 0.444 e. The number of fused-ring (bicyclic) bond motifs is 1. The first-order chi connectivity index (χ1) is 11.1. The number of hydrogen-bond acceptors (Lipinski definition) is 3. The minimum atomic E-state index is -0.399. The Kier molecular flexibility index (Phi) is 4.52. The van der Waals surface area contributed by atoms with Gasteiger partial charge in [-0.15, -0.1) is 0 Å². The van der Waals surface area contributed by atoms with Crippen molar-refractivity contribution in [2.24, 2.45) is 0 Å². The van der Waals surface area contributed by atoms with Gasteiger partial charge in [-0.05, 0) is 52.0 Å². The fraction of sp³-hybridized carbons (Fsp3) is 0.294. The molecule has 1 aliphatic carbocycles. The van der Waals surface area contributed by atoms with Gasteiger partial charge in [0.2, 0.25) is 5.91 Å². The summed E-state index contributed by atoms with van der Waals surface area (Å²) in [7, 11) is 1.78. The molecule has 1 aromatic heterocycles. The second-order valence-electron chi connectivity index (χ2n) is 5.54. The van der Waals surface area contributed by atoms with E-state index in [9.17, 15) is 9.59 Å². The minimum Gasteiger partial charge on any atom is -0.444 e. The molecular weight excluding hydrogens is 360 g/mol. The van der Waals surface area contributed by atoms with Crippen molar-refractivity contribution in [1.29, 1.82) is 0 Å². The monoisotopic (exact) mass is 376 g/mol. The summed E-state index contributed by atoms with van der Waals surface area (Å²) in [6.07, 6.45) is 1.89. The molecule has 1 atom stereocenters. The fourth-order valence-corrected chi connectivity index (χ4v) is 3.22. The van der Waals surface area contributed by atoms with Crippen LogP contribution >= 0.6 is 15.9 Å². The summed E-state index contributed by atoms with van der Waals surface area (Å²) >= 11 is 3.14. The Bertz CT molecular complexity index is 741. The molecule has 0 radical (unpaired) electrons. The molecule has 5 nitrogen and oxygen atoms in total. The van der Waals surface area contributed by atoms with Gasteiger partial charge in [0.15, 0.2) is 10.4 Å². The molecule has 6 heteroatoms. The molecule has 1 aliphatic rings. The van der Waals surface area contributed by atoms with Crippen molar-refractivity contribution >= 4 is 27.7 Å². The molecule has 0 saturated heterocycles. The second-order valence-corrected chi connectivity index (χ2v) is 6.33. The number of nitrogens with one attached hydrogen (secondary N) is 1. The van der Waals surface area contributed by atoms with Gasteiger partial charge in [-0.3, -0.25) is 9.59 Å². The quantitative estimate of drug-likeness (QED) is 0.891. The summed E-state index contributed by atoms with van der Waals surface area (Å²) in [5.74, 6) is -0.339. The van der Waals surface area contributed by atoms with Gasteiger partial charge in [0.25, 0.3) is 5.91 Å². The molecule has 1 N–H and O–H groups in total. The van der Waals surface area contributed by atoms with Crippen molar-refractivity contribution in [2.45, 2.75) is 18.9 Å². The van der Waals surface area contributed by atoms with E-state index in [4.69, 9.17) is 4.42 Å². The minimum absolute atomic E-state index is 0.0493. The molecule has 1 unspecified atom stereocenters. The maximum atomic E-state index is 12.4. The molecule has 3 rings (SSSR count). The number of aryl methyl sites for hydroxylation is 1. The van der Waals surface area contributed by atoms with Crippen molar-refractivity contribution in [3.63, 3.8) is 0 Å². The van der Waals surface area contributed by atoms with Crippen molar-refractivity contribution in [3.05, 3.63) is 58.0 Å². The van der Waals surface area contributed by atoms with Crippen LogP contribution in [0.25, 0.3) is 0 Å². The number of likely N-dealkylation sites (N-methyl/N-ethyl adjacent to an activating group) is 1. The Morgan fingerprint density at radius 3 is 2.83 bits per heavy atom. The number of hydrogen-bond donors (Lipinski definition) is 1. The van der Waals surface area contributed by atoms with Gasteiger partial charge >= 0.3 is 0 Å². The summed E-state index contributed by atoms with van der Waals surface area (Å²) in [5.41, 5.74) is 2.49. The Labute approximate surface area is 142 Å². The number of rotatable bonds is 4. The van der Waals surface area contributed by atoms with Crippen LogP contribution in [-0.4, -0.2) is 30.3 Å². The van der Waals surface area contributed by atoms with Crippen molar-refractivity contribution in [3.8, 4) is 0 Å². The Morgan fingerprint density at radius 2 is 2.09 bits per heavy atom. The van der Waals surface area contributed by atoms with Crippen LogP contribution < -0.4 is 5.32 Å². The maximum absolute atomic E-state index is 12.4. The lowest BCUT2D eigenvalue weighted by molar-refractivity contribution is -0.131. The lowest BCUT2D eigenvalue weighted by atomic mass is 10.1. The highest BCUT2D eigenvalue weighted by Crippen LogP contribution is 2.34. The highest BCUT2D eigenvalue weighted by molar-refractivity contribution is 9.10. The molecule has 0 aliphatic heterocycles. The summed E-state index contributed by atoms with van der Waals surface area (Å²) in [5, 5.41) is 2.60. The predicted molar refractivity (Wildman–Crippen MR) is 89.0 cm³/mol. The van der Waals surface area contributed by atoms with Gasteiger partial charge < -0.3 is 14.6 Å². The van der Waals surface area contributed by atoms with E-state index in [-0.39, 0.29) is 24.3 Å². The topological polar surface area (TPSA) is 62.6 Å². The number of amides is 2. The molecule has 0 spiro atoms. The van der Waals surface area contributed by atoms with E-state index in [0.717, 1.165) is 12.8 Å². The number of benzene rings is 1. The van der Waals surface area contributed by atoms with Crippen LogP contribution in [0.2, 0.25) is 0 Å². The highest BCUT2D eigenvalue weighted by Gasteiger charge is 2.28. The zero-order valence-electron chi connectivity index (χ0n) is 12.7. The van der Waals surface area contributed by atoms with Crippen LogP contribution in [0.5, 0.6) is 0 Å². The average molecular weight is 377 g/mol. The van der Waals surface area contributed by atoms with Crippen LogP contribution in [0, 0.1) is 0 Å². The fourth-order valence-electron chi connectivity index (χ4n) is 2.91. The van der Waals surface area contributed by atoms with Gasteiger partial charge in [0.05, 0.1) is 12.6 Å². The second kappa shape index (κ2) is 6.58. The summed E-state index contributed by atoms with van der Waals surface area (Å²) < 4.78 is 5.64. The van der Waals surface area contributed by atoms with Gasteiger partial charge in [0, 0.05) is 7.05 Å². The van der Waals surface area contributed by atoms with Crippen LogP contribution in [0.4, 0.5) is 0 Å². The van der Waals surface area contributed by atoms with Gasteiger partial charge in [-0.1, -0.05) is 24.3 Å². The molecule has 1 heterocycles. The normalized spacial score (nSPS) is 16.0. The Balaban J connectivity index is 1.59. The predicted octanol–water partition coefficient (Wildman–Crippen LogP) is 2.92. The molecule has 0 fully saturated rings. The van der Waals surface area contributed by atoms with Crippen molar-refractivity contribution in [1.82, 2.24) is 10.2 Å². The molecule has 2 aromatic rings. The summed E-state index contributed by atoms with van der Waals surface area (Å²) in [4.78, 5) is 26.0. The van der Waals surface area contributed by atoms with Crippen molar-refractivity contribution in [2.75, 3.05) is 13.6 Å². The first kappa shape index (κ1) is 15.8. The van der Waals surface area contributed by atoms with E-state index < -0.39 is 5.91 Å². The lowest BCUT2D eigenvalue weighted by Crippen LogP contribution is -2.39. The van der Waals surface area contributed by atoms with Gasteiger partial charge in [-0.25, -0.2) is 0 Å². The van der Waals surface area contributed by atoms with E-state index >= 15 is 0 Å². The molecule has 0 bridgehead atoms. The van der Waals surface area contributed by atoms with E-state index in [1.54, 1.807) is 24.1 Å². The van der Waals surface area contributed by atoms with Crippen LogP contribution in [0.15, 0.2) is 45.5 Å². The first-order valence-electron chi connectivity index (χ1n) is 7.43. The molecule has 23 heavy (non-hydrogen) atoms. The number of carbonyl (C=O) groups is 2. The van der Waals surface area contributed by atoms with Crippen molar-refractivity contribution < 1.29 is 14.0 Å². The third-order valence-corrected chi connectivity index (χ3v) is 4.59. The number of nitrogens with zero attached hydrogens (tertiary/aromatic N) is 1. The molecule has 0 saturated carbocycles. The third-order valence-electron chi connectivity index (χ3n) is 4.16. The van der Waals surface area contributed by atoms with Crippen LogP contribution in [0.3, 0.4) is 0 Å². The average Bonchev–Trinajstić information content (AvgIpc) is 3.17. The standard InChI is InChI=1S/C17H17BrN2O3/c1-20(13-7-6-11-4-2-3-5-12(11)13)16(21)10-19-17(22)14-8-9-15(18)23-14/h2-5,8-9,13H,6-7,10H2,1H3,(H,19,22). The number of halogens is 1. The van der Waals surface area contributed by atoms with E-state index in [1.807, 2.05) is 12.1 Å².